The molecular weight excluding hydrogens is 478 g/mol. The van der Waals surface area contributed by atoms with E-state index in [0.29, 0.717) is 17.9 Å². The first-order chi connectivity index (χ1) is 17.7. The van der Waals surface area contributed by atoms with E-state index < -0.39 is 17.7 Å². The van der Waals surface area contributed by atoms with Gasteiger partial charge in [-0.05, 0) is 62.3 Å². The van der Waals surface area contributed by atoms with Gasteiger partial charge in [0.25, 0.3) is 0 Å². The van der Waals surface area contributed by atoms with E-state index in [1.165, 1.54) is 4.52 Å². The highest BCUT2D eigenvalue weighted by molar-refractivity contribution is 5.66. The van der Waals surface area contributed by atoms with E-state index in [1.807, 2.05) is 13.0 Å². The van der Waals surface area contributed by atoms with Crippen LogP contribution in [-0.2, 0) is 0 Å². The third kappa shape index (κ3) is 4.99. The maximum absolute atomic E-state index is 14.9. The van der Waals surface area contributed by atoms with E-state index in [2.05, 4.69) is 20.4 Å². The average Bonchev–Trinajstić information content (AvgIpc) is 3.24. The highest BCUT2D eigenvalue weighted by Gasteiger charge is 2.34. The third-order valence-electron chi connectivity index (χ3n) is 6.80. The number of hydrogen-bond acceptors (Lipinski definition) is 7. The number of hydrogen-bond donors (Lipinski definition) is 3. The van der Waals surface area contributed by atoms with Crippen LogP contribution in [-0.4, -0.2) is 42.9 Å². The van der Waals surface area contributed by atoms with Gasteiger partial charge in [0.2, 0.25) is 5.95 Å². The molecule has 194 valence electrons. The number of benzene rings is 1. The maximum Gasteiger partial charge on any atom is 0.229 e. The van der Waals surface area contributed by atoms with E-state index in [-0.39, 0.29) is 41.0 Å². The topological polar surface area (TPSA) is 111 Å². The van der Waals surface area contributed by atoms with Crippen molar-refractivity contribution in [3.63, 3.8) is 0 Å². The van der Waals surface area contributed by atoms with Crippen molar-refractivity contribution in [2.24, 2.45) is 11.7 Å². The van der Waals surface area contributed by atoms with Crippen molar-refractivity contribution in [3.05, 3.63) is 66.1 Å². The number of aromatic nitrogens is 4. The molecule has 37 heavy (non-hydrogen) atoms. The average molecular weight is 509 g/mol. The summed E-state index contributed by atoms with van der Waals surface area (Å²) in [6.07, 6.45) is 5.73. The normalized spacial score (nSPS) is 21.9. The molecule has 1 saturated carbocycles. The van der Waals surface area contributed by atoms with Crippen LogP contribution in [0.25, 0.3) is 16.8 Å². The van der Waals surface area contributed by atoms with Gasteiger partial charge < -0.3 is 20.9 Å². The standard InChI is InChI=1S/C27H30F2N6O2/c1-14(2)37-18-10-20(28)25(21(29)11-18)23-5-4-17-12-32-27(35(17)34-23)33-24-13-31-7-6-19(24)16-8-15(3)26(36)22(30)9-16/h4-7,10-16,22,26,36H,8-9,30H2,1-3H3,(H,32,33)/t15-,16+,22+,26-/m0/s1. The van der Waals surface area contributed by atoms with Crippen molar-refractivity contribution in [1.29, 1.82) is 0 Å². The summed E-state index contributed by atoms with van der Waals surface area (Å²) in [5.74, 6) is -0.849. The van der Waals surface area contributed by atoms with Crippen LogP contribution in [0.15, 0.2) is 48.9 Å². The molecule has 1 aliphatic carbocycles. The molecule has 0 unspecified atom stereocenters. The fourth-order valence-electron chi connectivity index (χ4n) is 5.05. The predicted molar refractivity (Wildman–Crippen MR) is 137 cm³/mol. The minimum absolute atomic E-state index is 0.0633. The van der Waals surface area contributed by atoms with Crippen molar-refractivity contribution in [3.8, 4) is 17.0 Å². The van der Waals surface area contributed by atoms with Crippen LogP contribution in [0.5, 0.6) is 5.75 Å². The largest absolute Gasteiger partial charge is 0.491 e. The second-order valence-corrected chi connectivity index (χ2v) is 9.95. The second kappa shape index (κ2) is 10.0. The molecule has 8 nitrogen and oxygen atoms in total. The number of nitrogens with two attached hydrogens (primary N) is 1. The van der Waals surface area contributed by atoms with Gasteiger partial charge in [-0.2, -0.15) is 9.61 Å². The molecule has 0 radical (unpaired) electrons. The number of pyridine rings is 1. The molecular formula is C27H30F2N6O2. The number of fused-ring (bicyclic) bond motifs is 1. The van der Waals surface area contributed by atoms with Gasteiger partial charge in [-0.3, -0.25) is 4.98 Å². The Morgan fingerprint density at radius 2 is 1.89 bits per heavy atom. The van der Waals surface area contributed by atoms with Crippen LogP contribution < -0.4 is 15.8 Å². The molecule has 0 spiro atoms. The summed E-state index contributed by atoms with van der Waals surface area (Å²) in [5, 5.41) is 18.1. The van der Waals surface area contributed by atoms with Gasteiger partial charge in [-0.1, -0.05) is 6.92 Å². The van der Waals surface area contributed by atoms with Crippen LogP contribution in [0.2, 0.25) is 0 Å². The van der Waals surface area contributed by atoms with Gasteiger partial charge >= 0.3 is 0 Å². The lowest BCUT2D eigenvalue weighted by Crippen LogP contribution is -2.44. The van der Waals surface area contributed by atoms with E-state index in [0.717, 1.165) is 29.8 Å². The van der Waals surface area contributed by atoms with Crippen LogP contribution in [0.3, 0.4) is 0 Å². The Hall–Kier alpha value is -3.63. The lowest BCUT2D eigenvalue weighted by Gasteiger charge is -2.36. The molecule has 1 fully saturated rings. The van der Waals surface area contributed by atoms with Crippen molar-refractivity contribution in [2.75, 3.05) is 5.32 Å². The van der Waals surface area contributed by atoms with Gasteiger partial charge in [-0.25, -0.2) is 13.8 Å². The van der Waals surface area contributed by atoms with E-state index >= 15 is 0 Å². The zero-order valence-electron chi connectivity index (χ0n) is 20.9. The van der Waals surface area contributed by atoms with Crippen molar-refractivity contribution in [2.45, 2.75) is 57.8 Å². The zero-order chi connectivity index (χ0) is 26.3. The van der Waals surface area contributed by atoms with Crippen LogP contribution >= 0.6 is 0 Å². The number of rotatable bonds is 6. The summed E-state index contributed by atoms with van der Waals surface area (Å²) in [4.78, 5) is 8.69. The summed E-state index contributed by atoms with van der Waals surface area (Å²) < 4.78 is 36.8. The Bertz CT molecular complexity index is 1390. The first-order valence-corrected chi connectivity index (χ1v) is 12.4. The quantitative estimate of drug-likeness (QED) is 0.343. The molecule has 10 heteroatoms. The number of anilines is 2. The molecule has 0 aliphatic heterocycles. The molecule has 3 aromatic heterocycles. The molecule has 0 saturated heterocycles. The third-order valence-corrected chi connectivity index (χ3v) is 6.80. The van der Waals surface area contributed by atoms with Gasteiger partial charge in [0.1, 0.15) is 17.4 Å². The summed E-state index contributed by atoms with van der Waals surface area (Å²) in [7, 11) is 0. The molecule has 0 amide bonds. The lowest BCUT2D eigenvalue weighted by atomic mass is 9.74. The number of aliphatic hydroxyl groups excluding tert-OH is 1. The molecule has 5 rings (SSSR count). The first kappa shape index (κ1) is 25.0. The lowest BCUT2D eigenvalue weighted by molar-refractivity contribution is 0.0521. The number of ether oxygens (including phenoxy) is 1. The molecule has 0 bridgehead atoms. The fraction of sp³-hybridized carbons (Fsp3) is 0.370. The Balaban J connectivity index is 1.48. The van der Waals surface area contributed by atoms with E-state index in [1.54, 1.807) is 44.6 Å². The predicted octanol–water partition coefficient (Wildman–Crippen LogP) is 4.80. The SMILES string of the molecule is CC(C)Oc1cc(F)c(-c2ccc3cnc(Nc4cnccc4[C@H]4C[C@@H](N)[C@@H](O)[C@@H](C)C4)n3n2)c(F)c1. The first-order valence-electron chi connectivity index (χ1n) is 12.4. The van der Waals surface area contributed by atoms with Gasteiger partial charge in [0.05, 0.1) is 47.1 Å². The monoisotopic (exact) mass is 508 g/mol. The van der Waals surface area contributed by atoms with Crippen molar-refractivity contribution in [1.82, 2.24) is 19.6 Å². The van der Waals surface area contributed by atoms with Crippen molar-refractivity contribution >= 4 is 17.2 Å². The second-order valence-electron chi connectivity index (χ2n) is 9.95. The summed E-state index contributed by atoms with van der Waals surface area (Å²) >= 11 is 0. The van der Waals surface area contributed by atoms with Crippen molar-refractivity contribution < 1.29 is 18.6 Å². The minimum Gasteiger partial charge on any atom is -0.491 e. The number of aliphatic hydroxyl groups is 1. The molecule has 1 aliphatic rings. The number of imidazole rings is 1. The van der Waals surface area contributed by atoms with E-state index in [9.17, 15) is 13.9 Å². The summed E-state index contributed by atoms with van der Waals surface area (Å²) in [6, 6.07) is 7.19. The molecule has 4 aromatic rings. The number of halogens is 2. The van der Waals surface area contributed by atoms with Gasteiger partial charge in [0.15, 0.2) is 0 Å². The number of nitrogens with zero attached hydrogens (tertiary/aromatic N) is 4. The Labute approximate surface area is 213 Å². The maximum atomic E-state index is 14.9. The highest BCUT2D eigenvalue weighted by Crippen LogP contribution is 2.39. The minimum atomic E-state index is -0.767. The summed E-state index contributed by atoms with van der Waals surface area (Å²) in [5.41, 5.74) is 8.46. The molecule has 4 N–H and O–H groups in total. The Morgan fingerprint density at radius 1 is 1.14 bits per heavy atom. The Kier molecular flexibility index (Phi) is 6.78. The van der Waals surface area contributed by atoms with Gasteiger partial charge in [0, 0.05) is 24.4 Å². The fourth-order valence-corrected chi connectivity index (χ4v) is 5.05. The highest BCUT2D eigenvalue weighted by atomic mass is 19.1. The smallest absolute Gasteiger partial charge is 0.229 e. The molecule has 4 atom stereocenters. The van der Waals surface area contributed by atoms with Gasteiger partial charge in [-0.15, -0.1) is 0 Å². The van der Waals surface area contributed by atoms with Crippen LogP contribution in [0.4, 0.5) is 20.4 Å². The van der Waals surface area contributed by atoms with Crippen LogP contribution in [0, 0.1) is 17.6 Å². The number of nitrogens with one attached hydrogen (secondary N) is 1. The van der Waals surface area contributed by atoms with Crippen LogP contribution in [0.1, 0.15) is 45.1 Å². The Morgan fingerprint density at radius 3 is 2.59 bits per heavy atom. The van der Waals surface area contributed by atoms with E-state index in [4.69, 9.17) is 10.5 Å². The molecule has 1 aromatic carbocycles. The zero-order valence-corrected chi connectivity index (χ0v) is 20.9. The molecule has 3 heterocycles. The summed E-state index contributed by atoms with van der Waals surface area (Å²) in [6.45, 7) is 5.57.